The number of nitrogens with two attached hydrogens (primary N) is 1. The van der Waals surface area contributed by atoms with Crippen molar-refractivity contribution in [1.82, 2.24) is 9.88 Å². The molecule has 3 N–H and O–H groups in total. The normalized spacial score (nSPS) is 11.3. The molecule has 0 saturated carbocycles. The van der Waals surface area contributed by atoms with Crippen LogP contribution in [0.15, 0.2) is 48.5 Å². The van der Waals surface area contributed by atoms with Gasteiger partial charge < -0.3 is 20.4 Å². The lowest BCUT2D eigenvalue weighted by molar-refractivity contribution is 0.0600. The number of hydrogen-bond donors (Lipinski definition) is 2. The zero-order chi connectivity index (χ0) is 20.6. The van der Waals surface area contributed by atoms with Crippen LogP contribution in [0.5, 0.6) is 0 Å². The maximum absolute atomic E-state index is 10.0. The predicted octanol–water partition coefficient (Wildman–Crippen LogP) is 5.06. The van der Waals surface area contributed by atoms with Gasteiger partial charge in [-0.1, -0.05) is 43.3 Å². The van der Waals surface area contributed by atoms with Crippen LogP contribution in [0.2, 0.25) is 0 Å². The zero-order valence-electron chi connectivity index (χ0n) is 17.5. The molecule has 5 nitrogen and oxygen atoms in total. The van der Waals surface area contributed by atoms with E-state index in [1.165, 1.54) is 34.6 Å². The zero-order valence-corrected chi connectivity index (χ0v) is 17.5. The number of carbonyl (C=O) groups is 1. The summed E-state index contributed by atoms with van der Waals surface area (Å²) in [4.78, 5) is 10.0. The monoisotopic (exact) mass is 383 g/mol. The minimum Gasteiger partial charge on any atom is -0.444 e. The van der Waals surface area contributed by atoms with Gasteiger partial charge in [0.1, 0.15) is 5.60 Å². The van der Waals surface area contributed by atoms with Gasteiger partial charge >= 0.3 is 6.09 Å². The molecule has 28 heavy (non-hydrogen) atoms. The lowest BCUT2D eigenvalue weighted by Crippen LogP contribution is -2.27. The highest BCUT2D eigenvalue weighted by Crippen LogP contribution is 2.28. The Kier molecular flexibility index (Phi) is 7.88. The summed E-state index contributed by atoms with van der Waals surface area (Å²) in [7, 11) is 0. The standard InChI is InChI=1S/C18H22N2.C5H11NO2/c1-2-12-19-13-7-14-20-17-10-5-3-8-15(17)16-9-4-6-11-18(16)20;1-5(2,3)8-4(6)7/h3-6,8-11,19H,2,7,12-14H2,1H3;1-3H3,(H2,6,7). The van der Waals surface area contributed by atoms with Crippen molar-refractivity contribution < 1.29 is 9.53 Å². The van der Waals surface area contributed by atoms with Gasteiger partial charge in [0.2, 0.25) is 0 Å². The average Bonchev–Trinajstić information content (AvgIpc) is 2.94. The first-order chi connectivity index (χ1) is 13.3. The first kappa shape index (κ1) is 21.8. The van der Waals surface area contributed by atoms with Gasteiger partial charge in [0.05, 0.1) is 0 Å². The fourth-order valence-electron chi connectivity index (χ4n) is 3.21. The summed E-state index contributed by atoms with van der Waals surface area (Å²) in [6.45, 7) is 10.8. The summed E-state index contributed by atoms with van der Waals surface area (Å²) in [5.74, 6) is 0. The van der Waals surface area contributed by atoms with Crippen molar-refractivity contribution in [1.29, 1.82) is 0 Å². The number of hydrogen-bond acceptors (Lipinski definition) is 3. The molecule has 0 bridgehead atoms. The van der Waals surface area contributed by atoms with E-state index in [9.17, 15) is 4.79 Å². The Morgan fingerprint density at radius 1 is 1.00 bits per heavy atom. The summed E-state index contributed by atoms with van der Waals surface area (Å²) < 4.78 is 7.03. The SMILES string of the molecule is CC(C)(C)OC(N)=O.CCCNCCCn1c2ccccc2c2ccccc21. The Morgan fingerprint density at radius 2 is 1.54 bits per heavy atom. The van der Waals surface area contributed by atoms with Crippen LogP contribution in [-0.4, -0.2) is 29.4 Å². The second-order valence-corrected chi connectivity index (χ2v) is 7.82. The molecular weight excluding hydrogens is 350 g/mol. The molecule has 0 atom stereocenters. The number of fused-ring (bicyclic) bond motifs is 3. The lowest BCUT2D eigenvalue weighted by atomic mass is 10.2. The van der Waals surface area contributed by atoms with Crippen molar-refractivity contribution in [2.45, 2.75) is 52.7 Å². The number of carbonyl (C=O) groups excluding carboxylic acids is 1. The minimum absolute atomic E-state index is 0.453. The van der Waals surface area contributed by atoms with Gasteiger partial charge in [-0.3, -0.25) is 0 Å². The predicted molar refractivity (Wildman–Crippen MR) is 118 cm³/mol. The molecule has 0 aliphatic rings. The van der Waals surface area contributed by atoms with Crippen LogP contribution in [0, 0.1) is 0 Å². The molecule has 2 aromatic carbocycles. The smallest absolute Gasteiger partial charge is 0.405 e. The second kappa shape index (κ2) is 10.1. The molecule has 3 rings (SSSR count). The average molecular weight is 384 g/mol. The van der Waals surface area contributed by atoms with E-state index in [-0.39, 0.29) is 0 Å². The topological polar surface area (TPSA) is 69.3 Å². The van der Waals surface area contributed by atoms with Gasteiger partial charge in [0.25, 0.3) is 0 Å². The van der Waals surface area contributed by atoms with Crippen LogP contribution >= 0.6 is 0 Å². The molecule has 3 aromatic rings. The molecular formula is C23H33N3O2. The number of primary amides is 1. The van der Waals surface area contributed by atoms with Crippen molar-refractivity contribution >= 4 is 27.9 Å². The molecule has 1 heterocycles. The second-order valence-electron chi connectivity index (χ2n) is 7.82. The van der Waals surface area contributed by atoms with Gasteiger partial charge in [-0.05, 0) is 58.8 Å². The molecule has 1 amide bonds. The van der Waals surface area contributed by atoms with E-state index in [1.807, 2.05) is 0 Å². The van der Waals surface area contributed by atoms with E-state index in [0.717, 1.165) is 19.6 Å². The Balaban J connectivity index is 0.000000300. The molecule has 152 valence electrons. The van der Waals surface area contributed by atoms with Crippen LogP contribution in [0.25, 0.3) is 21.8 Å². The number of amides is 1. The summed E-state index contributed by atoms with van der Waals surface area (Å²) in [6.07, 6.45) is 1.65. The fraction of sp³-hybridized carbons (Fsp3) is 0.435. The Bertz CT molecular complexity index is 840. The van der Waals surface area contributed by atoms with Crippen molar-refractivity contribution in [2.75, 3.05) is 13.1 Å². The summed E-state index contributed by atoms with van der Waals surface area (Å²) in [5, 5.41) is 6.21. The van der Waals surface area contributed by atoms with E-state index in [0.29, 0.717) is 0 Å². The minimum atomic E-state index is -0.725. The fourth-order valence-corrected chi connectivity index (χ4v) is 3.21. The number of nitrogens with one attached hydrogen (secondary N) is 1. The van der Waals surface area contributed by atoms with E-state index in [4.69, 9.17) is 5.73 Å². The number of aryl methyl sites for hydroxylation is 1. The Morgan fingerprint density at radius 3 is 1.96 bits per heavy atom. The van der Waals surface area contributed by atoms with E-state index in [2.05, 4.69) is 70.1 Å². The van der Waals surface area contributed by atoms with Gasteiger partial charge in [0.15, 0.2) is 0 Å². The van der Waals surface area contributed by atoms with Crippen LogP contribution in [-0.2, 0) is 11.3 Å². The number of aromatic nitrogens is 1. The molecule has 1 aromatic heterocycles. The first-order valence-electron chi connectivity index (χ1n) is 9.98. The highest BCUT2D eigenvalue weighted by atomic mass is 16.6. The van der Waals surface area contributed by atoms with Gasteiger partial charge in [0, 0.05) is 28.4 Å². The molecule has 5 heteroatoms. The molecule has 0 aliphatic carbocycles. The maximum Gasteiger partial charge on any atom is 0.405 e. The van der Waals surface area contributed by atoms with Crippen molar-refractivity contribution in [3.8, 4) is 0 Å². The highest BCUT2D eigenvalue weighted by molar-refractivity contribution is 6.07. The molecule has 0 radical (unpaired) electrons. The quantitative estimate of drug-likeness (QED) is 0.584. The third kappa shape index (κ3) is 6.27. The van der Waals surface area contributed by atoms with E-state index >= 15 is 0 Å². The first-order valence-corrected chi connectivity index (χ1v) is 9.98. The maximum atomic E-state index is 10.0. The molecule has 0 aliphatic heterocycles. The van der Waals surface area contributed by atoms with Crippen LogP contribution in [0.4, 0.5) is 4.79 Å². The number of benzene rings is 2. The summed E-state index contributed by atoms with van der Waals surface area (Å²) in [6, 6.07) is 17.4. The summed E-state index contributed by atoms with van der Waals surface area (Å²) >= 11 is 0. The van der Waals surface area contributed by atoms with E-state index in [1.54, 1.807) is 20.8 Å². The van der Waals surface area contributed by atoms with Crippen molar-refractivity contribution in [3.63, 3.8) is 0 Å². The van der Waals surface area contributed by atoms with Crippen LogP contribution in [0.1, 0.15) is 40.5 Å². The number of ether oxygens (including phenoxy) is 1. The molecule has 0 unspecified atom stereocenters. The molecule has 0 spiro atoms. The highest BCUT2D eigenvalue weighted by Gasteiger charge is 2.12. The van der Waals surface area contributed by atoms with Crippen LogP contribution in [0.3, 0.4) is 0 Å². The molecule has 0 saturated heterocycles. The van der Waals surface area contributed by atoms with Crippen molar-refractivity contribution in [3.05, 3.63) is 48.5 Å². The van der Waals surface area contributed by atoms with Crippen molar-refractivity contribution in [2.24, 2.45) is 5.73 Å². The Labute approximate surface area is 167 Å². The van der Waals surface area contributed by atoms with Gasteiger partial charge in [-0.2, -0.15) is 0 Å². The largest absolute Gasteiger partial charge is 0.444 e. The van der Waals surface area contributed by atoms with E-state index < -0.39 is 11.7 Å². The Hall–Kier alpha value is -2.53. The lowest BCUT2D eigenvalue weighted by Gasteiger charge is -2.16. The van der Waals surface area contributed by atoms with Gasteiger partial charge in [-0.25, -0.2) is 4.79 Å². The van der Waals surface area contributed by atoms with Gasteiger partial charge in [-0.15, -0.1) is 0 Å². The summed E-state index contributed by atoms with van der Waals surface area (Å²) in [5.41, 5.74) is 6.97. The number of rotatable bonds is 6. The third-order valence-electron chi connectivity index (χ3n) is 4.25. The van der Waals surface area contributed by atoms with Crippen LogP contribution < -0.4 is 11.1 Å². The third-order valence-corrected chi connectivity index (χ3v) is 4.25. The molecule has 0 fully saturated rings. The number of nitrogens with zero attached hydrogens (tertiary/aromatic N) is 1. The number of para-hydroxylation sites is 2.